The zero-order chi connectivity index (χ0) is 31.7. The monoisotopic (exact) mass is 626 g/mol. The van der Waals surface area contributed by atoms with Crippen LogP contribution in [0.3, 0.4) is 0 Å². The fraction of sp³-hybridized carbons (Fsp3) is 0.486. The van der Waals surface area contributed by atoms with Crippen LogP contribution in [0.5, 0.6) is 0 Å². The van der Waals surface area contributed by atoms with Crippen LogP contribution >= 0.6 is 11.6 Å². The Morgan fingerprint density at radius 3 is 2.44 bits per heavy atom. The number of nitriles is 1. The number of anilines is 2. The molecule has 2 saturated heterocycles. The smallest absolute Gasteiger partial charge is 0.109 e. The molecule has 3 unspecified atom stereocenters. The average Bonchev–Trinajstić information content (AvgIpc) is 3.50. The number of fused-ring (bicyclic) bond motifs is 1. The van der Waals surface area contributed by atoms with Gasteiger partial charge in [-0.25, -0.2) is 4.68 Å². The zero-order valence-corrected chi connectivity index (χ0v) is 27.6. The van der Waals surface area contributed by atoms with Crippen molar-refractivity contribution in [1.29, 1.82) is 5.26 Å². The topological polar surface area (TPSA) is 104 Å². The molecule has 2 aliphatic heterocycles. The predicted octanol–water partition coefficient (Wildman–Crippen LogP) is 7.36. The maximum atomic E-state index is 10.0. The number of rotatable bonds is 7. The molecule has 0 spiro atoms. The molecular weight excluding hydrogens is 584 g/mol. The first-order valence-corrected chi connectivity index (χ1v) is 16.4. The first-order chi connectivity index (χ1) is 21.6. The van der Waals surface area contributed by atoms with Gasteiger partial charge in [-0.3, -0.25) is 9.88 Å². The molecule has 4 aromatic rings. The number of hydrogen-bond donors (Lipinski definition) is 2. The highest BCUT2D eigenvalue weighted by molar-refractivity contribution is 6.35. The van der Waals surface area contributed by atoms with Gasteiger partial charge in [-0.15, -0.1) is 5.10 Å². The molecule has 0 bridgehead atoms. The van der Waals surface area contributed by atoms with E-state index in [1.165, 1.54) is 0 Å². The second-order valence-corrected chi connectivity index (χ2v) is 14.0. The molecule has 2 aliphatic rings. The summed E-state index contributed by atoms with van der Waals surface area (Å²) in [6, 6.07) is 16.8. The van der Waals surface area contributed by atoms with Crippen LogP contribution in [0.25, 0.3) is 10.9 Å². The van der Waals surface area contributed by atoms with Gasteiger partial charge in [-0.1, -0.05) is 47.1 Å². The molecule has 2 N–H and O–H groups in total. The number of benzene rings is 2. The highest BCUT2D eigenvalue weighted by atomic mass is 35.5. The van der Waals surface area contributed by atoms with Crippen LogP contribution in [0.1, 0.15) is 89.2 Å². The summed E-state index contributed by atoms with van der Waals surface area (Å²) in [5.41, 5.74) is 4.77. The van der Waals surface area contributed by atoms with E-state index in [1.807, 2.05) is 35.0 Å². The van der Waals surface area contributed by atoms with E-state index in [2.05, 4.69) is 89.8 Å². The molecule has 6 rings (SSSR count). The van der Waals surface area contributed by atoms with Crippen molar-refractivity contribution in [3.63, 3.8) is 0 Å². The van der Waals surface area contributed by atoms with E-state index in [1.54, 1.807) is 6.20 Å². The van der Waals surface area contributed by atoms with Crippen molar-refractivity contribution in [1.82, 2.24) is 24.9 Å². The van der Waals surface area contributed by atoms with E-state index < -0.39 is 0 Å². The van der Waals surface area contributed by atoms with Crippen molar-refractivity contribution in [2.24, 2.45) is 0 Å². The summed E-state index contributed by atoms with van der Waals surface area (Å²) < 4.78 is 8.00. The van der Waals surface area contributed by atoms with E-state index in [0.29, 0.717) is 22.1 Å². The largest absolute Gasteiger partial charge is 0.380 e. The third-order valence-corrected chi connectivity index (χ3v) is 9.43. The molecule has 0 saturated carbocycles. The molecule has 10 heteroatoms. The predicted molar refractivity (Wildman–Crippen MR) is 180 cm³/mol. The van der Waals surface area contributed by atoms with Gasteiger partial charge in [0.05, 0.1) is 52.3 Å². The number of pyridine rings is 1. The maximum Gasteiger partial charge on any atom is 0.109 e. The van der Waals surface area contributed by atoms with Gasteiger partial charge in [0.1, 0.15) is 11.8 Å². The first-order valence-electron chi connectivity index (χ1n) is 16.0. The number of aromatic nitrogens is 4. The molecule has 0 radical (unpaired) electrons. The number of nitrogens with one attached hydrogen (secondary N) is 2. The lowest BCUT2D eigenvalue weighted by Crippen LogP contribution is -2.46. The van der Waals surface area contributed by atoms with Crippen LogP contribution in [0, 0.1) is 11.3 Å². The quantitative estimate of drug-likeness (QED) is 0.219. The van der Waals surface area contributed by atoms with Gasteiger partial charge in [0.25, 0.3) is 0 Å². The standard InChI is InChI=1S/C35H43ClN8O/c1-22-15-26(16-23(2)45-22)39-32-25(19-37)20-38-34-29(32)17-27(18-30(34)36)40-33(24-9-7-6-8-10-24)31-21-44(42-41-31)28-11-13-43(14-12-28)35(3,4)5/h6-10,17-18,20-23,26,28,33,40H,11-16H2,1-5H3,(H,38,39). The molecule has 3 atom stereocenters. The summed E-state index contributed by atoms with van der Waals surface area (Å²) in [7, 11) is 0. The number of likely N-dealkylation sites (tertiary alicyclic amines) is 1. The van der Waals surface area contributed by atoms with E-state index in [4.69, 9.17) is 16.3 Å². The normalized spacial score (nSPS) is 22.2. The van der Waals surface area contributed by atoms with Crippen molar-refractivity contribution in [3.8, 4) is 6.07 Å². The molecule has 236 valence electrons. The minimum absolute atomic E-state index is 0.136. The maximum absolute atomic E-state index is 10.0. The summed E-state index contributed by atoms with van der Waals surface area (Å²) in [6.07, 6.45) is 7.75. The second-order valence-electron chi connectivity index (χ2n) is 13.6. The Kier molecular flexibility index (Phi) is 9.00. The van der Waals surface area contributed by atoms with Gasteiger partial charge < -0.3 is 15.4 Å². The SMILES string of the molecule is CC1CC(Nc2c(C#N)cnc3c(Cl)cc(NC(c4ccccc4)c4cn(C5CCN(C(C)(C)C)CC5)nn4)cc23)CC(C)O1. The zero-order valence-electron chi connectivity index (χ0n) is 26.8. The second kappa shape index (κ2) is 13.0. The van der Waals surface area contributed by atoms with Gasteiger partial charge >= 0.3 is 0 Å². The highest BCUT2D eigenvalue weighted by Crippen LogP contribution is 2.37. The summed E-state index contributed by atoms with van der Waals surface area (Å²) in [5.74, 6) is 0. The van der Waals surface area contributed by atoms with Gasteiger partial charge in [0, 0.05) is 41.9 Å². The Labute approximate surface area is 270 Å². The van der Waals surface area contributed by atoms with Crippen molar-refractivity contribution >= 4 is 33.9 Å². The lowest BCUT2D eigenvalue weighted by atomic mass is 9.98. The van der Waals surface area contributed by atoms with Crippen molar-refractivity contribution < 1.29 is 4.74 Å². The fourth-order valence-electron chi connectivity index (χ4n) is 6.85. The number of piperidine rings is 1. The van der Waals surface area contributed by atoms with Gasteiger partial charge in [-0.05, 0) is 78.0 Å². The minimum Gasteiger partial charge on any atom is -0.380 e. The third kappa shape index (κ3) is 6.94. The molecule has 2 aromatic heterocycles. The summed E-state index contributed by atoms with van der Waals surface area (Å²) in [4.78, 5) is 7.11. The van der Waals surface area contributed by atoms with Crippen LogP contribution in [0.2, 0.25) is 5.02 Å². The van der Waals surface area contributed by atoms with E-state index in [9.17, 15) is 5.26 Å². The summed E-state index contributed by atoms with van der Waals surface area (Å²) >= 11 is 6.87. The number of ether oxygens (including phenoxy) is 1. The van der Waals surface area contributed by atoms with Crippen LogP contribution in [0.4, 0.5) is 11.4 Å². The van der Waals surface area contributed by atoms with E-state index in [0.717, 1.165) is 66.8 Å². The number of hydrogen-bond acceptors (Lipinski definition) is 8. The van der Waals surface area contributed by atoms with Crippen LogP contribution < -0.4 is 10.6 Å². The van der Waals surface area contributed by atoms with Crippen molar-refractivity contribution in [2.45, 2.75) is 96.2 Å². The van der Waals surface area contributed by atoms with Crippen LogP contribution in [0.15, 0.2) is 54.9 Å². The van der Waals surface area contributed by atoms with Crippen LogP contribution in [-0.2, 0) is 4.74 Å². The highest BCUT2D eigenvalue weighted by Gasteiger charge is 2.30. The van der Waals surface area contributed by atoms with Gasteiger partial charge in [-0.2, -0.15) is 5.26 Å². The lowest BCUT2D eigenvalue weighted by molar-refractivity contribution is -0.0337. The van der Waals surface area contributed by atoms with E-state index >= 15 is 0 Å². The Morgan fingerprint density at radius 2 is 1.78 bits per heavy atom. The Morgan fingerprint density at radius 1 is 1.07 bits per heavy atom. The molecule has 45 heavy (non-hydrogen) atoms. The van der Waals surface area contributed by atoms with Crippen molar-refractivity contribution in [2.75, 3.05) is 23.7 Å². The molecule has 0 aliphatic carbocycles. The molecule has 2 fully saturated rings. The molecule has 9 nitrogen and oxygen atoms in total. The minimum atomic E-state index is -0.260. The first kappa shape index (κ1) is 31.3. The fourth-order valence-corrected chi connectivity index (χ4v) is 7.12. The van der Waals surface area contributed by atoms with Gasteiger partial charge in [0.15, 0.2) is 0 Å². The summed E-state index contributed by atoms with van der Waals surface area (Å²) in [6.45, 7) is 13.1. The van der Waals surface area contributed by atoms with Crippen LogP contribution in [-0.4, -0.2) is 61.8 Å². The molecule has 4 heterocycles. The number of nitrogens with zero attached hydrogens (tertiary/aromatic N) is 6. The Hall–Kier alpha value is -3.71. The number of halogens is 1. The molecular formula is C35H43ClN8O. The van der Waals surface area contributed by atoms with E-state index in [-0.39, 0.29) is 29.8 Å². The van der Waals surface area contributed by atoms with Crippen molar-refractivity contribution in [3.05, 3.63) is 76.7 Å². The lowest BCUT2D eigenvalue weighted by Gasteiger charge is -2.40. The Balaban J connectivity index is 1.32. The molecule has 2 aromatic carbocycles. The summed E-state index contributed by atoms with van der Waals surface area (Å²) in [5, 5.41) is 28.0. The third-order valence-electron chi connectivity index (χ3n) is 9.15. The Bertz CT molecular complexity index is 1660. The molecule has 0 amide bonds. The van der Waals surface area contributed by atoms with Gasteiger partial charge in [0.2, 0.25) is 0 Å². The average molecular weight is 627 g/mol.